The summed E-state index contributed by atoms with van der Waals surface area (Å²) in [5.41, 5.74) is 3.96. The molecule has 35 heteroatoms. The summed E-state index contributed by atoms with van der Waals surface area (Å²) in [7, 11) is -1.31. The molecular formula is C65H56Cl3F6N19O3S4. The summed E-state index contributed by atoms with van der Waals surface area (Å²) >= 11 is 21.2. The molecule has 1 saturated carbocycles. The lowest BCUT2D eigenvalue weighted by molar-refractivity contribution is -0.138. The number of carbonyl (C=O) groups excluding carboxylic acids is 2. The lowest BCUT2D eigenvalue weighted by Crippen LogP contribution is -2.14. The Labute approximate surface area is 599 Å². The van der Waals surface area contributed by atoms with Gasteiger partial charge in [0.05, 0.1) is 44.4 Å². The van der Waals surface area contributed by atoms with Crippen LogP contribution >= 0.6 is 70.1 Å². The van der Waals surface area contributed by atoms with Crippen molar-refractivity contribution < 1.29 is 40.1 Å². The molecule has 100 heavy (non-hydrogen) atoms. The largest absolute Gasteiger partial charge is 0.416 e. The third kappa shape index (κ3) is 23.5. The highest BCUT2D eigenvalue weighted by molar-refractivity contribution is 7.99. The molecule has 0 radical (unpaired) electrons. The first-order valence-corrected chi connectivity index (χ1v) is 35.3. The van der Waals surface area contributed by atoms with E-state index < -0.39 is 46.1 Å². The van der Waals surface area contributed by atoms with E-state index in [0.29, 0.717) is 83.4 Å². The van der Waals surface area contributed by atoms with Gasteiger partial charge in [-0.3, -0.25) is 13.8 Å². The van der Waals surface area contributed by atoms with Gasteiger partial charge in [0, 0.05) is 82.8 Å². The Morgan fingerprint density at radius 1 is 0.490 bits per heavy atom. The number of rotatable bonds is 16. The molecule has 1 aliphatic rings. The number of alkyl halides is 6. The Morgan fingerprint density at radius 3 is 1.34 bits per heavy atom. The molecule has 7 aromatic heterocycles. The number of nitrogens with zero attached hydrogens (tertiary/aromatic N) is 14. The predicted molar refractivity (Wildman–Crippen MR) is 379 cm³/mol. The van der Waals surface area contributed by atoms with E-state index in [4.69, 9.17) is 34.8 Å². The van der Waals surface area contributed by atoms with Gasteiger partial charge in [-0.25, -0.2) is 69.8 Å². The van der Waals surface area contributed by atoms with E-state index >= 15 is 0 Å². The average molecular weight is 1500 g/mol. The van der Waals surface area contributed by atoms with Crippen LogP contribution in [0.25, 0.3) is 22.5 Å². The molecule has 516 valence electrons. The summed E-state index contributed by atoms with van der Waals surface area (Å²) in [5.74, 6) is 0.286. The van der Waals surface area contributed by atoms with E-state index in [0.717, 1.165) is 69.1 Å². The van der Waals surface area contributed by atoms with E-state index in [2.05, 4.69) is 96.4 Å². The number of carbonyl (C=O) groups is 2. The van der Waals surface area contributed by atoms with Gasteiger partial charge in [0.1, 0.15) is 97.3 Å². The summed E-state index contributed by atoms with van der Waals surface area (Å²) < 4.78 is 90.0. The van der Waals surface area contributed by atoms with Crippen molar-refractivity contribution in [2.24, 2.45) is 0 Å². The molecule has 1 aliphatic carbocycles. The second-order valence-corrected chi connectivity index (χ2v) is 25.5. The first-order valence-electron chi connectivity index (χ1n) is 29.0. The number of aryl methyl sites for hydroxylation is 2. The van der Waals surface area contributed by atoms with Crippen molar-refractivity contribution >= 4 is 133 Å². The highest BCUT2D eigenvalue weighted by Gasteiger charge is 2.32. The highest BCUT2D eigenvalue weighted by atomic mass is 35.5. The SMILES string of the molecule is CSc1cc(Cl)ncn1.CSc1cc(SC)ncn1.Cc1ccc(NC(=O)c2cccc(C(F)(F)F)c2)cc1Nc1ncncc1-c1cc(NC2CC2)ncn1.Cc1ccc(NC(=O)c2cccc(C(F)(F)F)c2)cc1Nc1ncncc1-c1cc(S(C)=O)ncn1.Clc1cc(Cl)ncn1. The molecule has 0 saturated heterocycles. The maximum absolute atomic E-state index is 13.0. The van der Waals surface area contributed by atoms with Gasteiger partial charge in [-0.1, -0.05) is 59.1 Å². The number of halogens is 9. The fourth-order valence-electron chi connectivity index (χ4n) is 8.19. The number of anilines is 7. The number of thioether (sulfide) groups is 3. The molecule has 22 nitrogen and oxygen atoms in total. The van der Waals surface area contributed by atoms with Gasteiger partial charge < -0.3 is 26.6 Å². The Kier molecular flexibility index (Phi) is 27.8. The lowest BCUT2D eigenvalue weighted by atomic mass is 10.1. The summed E-state index contributed by atoms with van der Waals surface area (Å²) in [6, 6.07) is 27.7. The molecule has 4 aromatic carbocycles. The molecule has 12 rings (SSSR count). The van der Waals surface area contributed by atoms with Crippen molar-refractivity contribution in [1.29, 1.82) is 0 Å². The van der Waals surface area contributed by atoms with Crippen LogP contribution in [0.5, 0.6) is 0 Å². The predicted octanol–water partition coefficient (Wildman–Crippen LogP) is 16.4. The van der Waals surface area contributed by atoms with Crippen LogP contribution in [0.4, 0.5) is 66.5 Å². The molecule has 0 bridgehead atoms. The third-order valence-corrected chi connectivity index (χ3v) is 16.7. The van der Waals surface area contributed by atoms with Gasteiger partial charge >= 0.3 is 12.4 Å². The molecule has 1 atom stereocenters. The van der Waals surface area contributed by atoms with Gasteiger partial charge in [0.15, 0.2) is 0 Å². The summed E-state index contributed by atoms with van der Waals surface area (Å²) in [6.07, 6.45) is 13.7. The maximum Gasteiger partial charge on any atom is 0.416 e. The first-order chi connectivity index (χ1) is 47.8. The maximum atomic E-state index is 13.0. The fourth-order valence-corrected chi connectivity index (χ4v) is 10.4. The molecule has 2 amide bonds. The van der Waals surface area contributed by atoms with Crippen molar-refractivity contribution in [3.8, 4) is 22.5 Å². The van der Waals surface area contributed by atoms with Gasteiger partial charge in [0.25, 0.3) is 11.8 Å². The zero-order valence-electron chi connectivity index (χ0n) is 53.2. The quantitative estimate of drug-likeness (QED) is 0.0341. The molecule has 1 unspecified atom stereocenters. The molecule has 0 spiro atoms. The number of hydrogen-bond donors (Lipinski definition) is 5. The van der Waals surface area contributed by atoms with Gasteiger partial charge in [-0.05, 0) is 123 Å². The Balaban J connectivity index is 0.000000185. The number of nitrogens with one attached hydrogen (secondary N) is 5. The van der Waals surface area contributed by atoms with Crippen molar-refractivity contribution in [3.63, 3.8) is 0 Å². The average Bonchev–Trinajstić information content (AvgIpc) is 0.855. The minimum absolute atomic E-state index is 0.0950. The van der Waals surface area contributed by atoms with Crippen molar-refractivity contribution in [3.05, 3.63) is 221 Å². The van der Waals surface area contributed by atoms with Crippen LogP contribution in [0.3, 0.4) is 0 Å². The van der Waals surface area contributed by atoms with Crippen molar-refractivity contribution in [1.82, 2.24) is 69.8 Å². The van der Waals surface area contributed by atoms with Gasteiger partial charge in [-0.15, -0.1) is 35.3 Å². The number of benzene rings is 4. The zero-order valence-corrected chi connectivity index (χ0v) is 58.7. The van der Waals surface area contributed by atoms with Gasteiger partial charge in [0.2, 0.25) is 0 Å². The van der Waals surface area contributed by atoms with Crippen LogP contribution in [0.2, 0.25) is 15.5 Å². The second kappa shape index (κ2) is 36.5. The highest BCUT2D eigenvalue weighted by Crippen LogP contribution is 2.35. The van der Waals surface area contributed by atoms with Crippen molar-refractivity contribution in [2.45, 2.75) is 65.2 Å². The van der Waals surface area contributed by atoms with E-state index in [-0.39, 0.29) is 11.1 Å². The molecule has 7 heterocycles. The Bertz CT molecular complexity index is 4620. The molecule has 1 fully saturated rings. The number of amides is 2. The lowest BCUT2D eigenvalue weighted by Gasteiger charge is -2.15. The van der Waals surface area contributed by atoms with E-state index in [1.165, 1.54) is 74.6 Å². The third-order valence-electron chi connectivity index (χ3n) is 13.4. The summed E-state index contributed by atoms with van der Waals surface area (Å²) in [4.78, 5) is 81.9. The standard InChI is InChI=1S/C26H22F3N7O.C24H19F3N6O2S.C6H8N2S2.C5H5ClN2S.C4H2Cl2N2/c1-15-5-6-19(35-25(37)16-3-2-4-17(9-16)26(27,28)29)10-21(15)36-24-20(12-30-13-33-24)22-11-23(32-14-31-22)34-18-7-8-18;1-14-6-7-17(32-23(34)15-4-3-5-16(8-15)24(25,26)27)9-19(14)33-22-18(11-28-12-31-22)20-10-21(36(2)35)30-13-29-20;1-9-5-3-6(10-2)8-4-7-5;1-9-5-2-4(6)7-3-8-5;5-3-1-4(6)8-2-7-3/h2-6,9-14,18H,7-8H2,1H3,(H,35,37)(H,30,33,36)(H,31,32,34);3-13H,1-2H3,(H,32,34)(H,28,31,33);3-4H,1-2H3;2-3H,1H3;1-2H. The van der Waals surface area contributed by atoms with Crippen LogP contribution in [-0.4, -0.2) is 117 Å². The first kappa shape index (κ1) is 76.2. The van der Waals surface area contributed by atoms with Crippen LogP contribution in [-0.2, 0) is 23.2 Å². The van der Waals surface area contributed by atoms with Crippen LogP contribution in [0.15, 0.2) is 192 Å². The smallest absolute Gasteiger partial charge is 0.367 e. The molecular weight excluding hydrogens is 1440 g/mol. The summed E-state index contributed by atoms with van der Waals surface area (Å²) in [5, 5.41) is 19.6. The Hall–Kier alpha value is -9.57. The minimum Gasteiger partial charge on any atom is -0.367 e. The van der Waals surface area contributed by atoms with Crippen LogP contribution < -0.4 is 26.6 Å². The fraction of sp³-hybridized carbons (Fsp3) is 0.169. The minimum atomic E-state index is -4.55. The number of hydrogen-bond acceptors (Lipinski definition) is 23. The molecule has 0 aliphatic heterocycles. The second-order valence-electron chi connectivity index (χ2n) is 20.5. The topological polar surface area (TPSA) is 292 Å². The normalized spacial score (nSPS) is 11.8. The monoisotopic (exact) mass is 1500 g/mol. The molecule has 11 aromatic rings. The number of aromatic nitrogens is 14. The van der Waals surface area contributed by atoms with E-state index in [1.54, 1.807) is 103 Å². The summed E-state index contributed by atoms with van der Waals surface area (Å²) in [6.45, 7) is 3.72. The van der Waals surface area contributed by atoms with Gasteiger partial charge in [-0.2, -0.15) is 26.3 Å². The van der Waals surface area contributed by atoms with E-state index in [1.807, 2.05) is 44.7 Å². The van der Waals surface area contributed by atoms with E-state index in [9.17, 15) is 40.1 Å². The zero-order chi connectivity index (χ0) is 71.9. The van der Waals surface area contributed by atoms with Crippen LogP contribution in [0, 0.1) is 13.8 Å². The molecule has 5 N–H and O–H groups in total. The van der Waals surface area contributed by atoms with Crippen LogP contribution in [0.1, 0.15) is 55.8 Å². The Morgan fingerprint density at radius 2 is 0.920 bits per heavy atom. The van der Waals surface area contributed by atoms with Crippen molar-refractivity contribution in [2.75, 3.05) is 51.6 Å².